The van der Waals surface area contributed by atoms with Crippen molar-refractivity contribution < 1.29 is 0 Å². The van der Waals surface area contributed by atoms with Crippen molar-refractivity contribution in [3.8, 4) is 0 Å². The Balaban J connectivity index is 1.77. The first-order valence-electron chi connectivity index (χ1n) is 7.90. The first-order valence-corrected chi connectivity index (χ1v) is 7.90. The normalized spacial score (nSPS) is 36.8. The zero-order chi connectivity index (χ0) is 12.8. The zero-order valence-electron chi connectivity index (χ0n) is 11.6. The Morgan fingerprint density at radius 3 is 2.53 bits per heavy atom. The predicted molar refractivity (Wildman–Crippen MR) is 80.0 cm³/mol. The molecule has 4 aliphatic rings. The van der Waals surface area contributed by atoms with Crippen LogP contribution >= 0.6 is 0 Å². The Labute approximate surface area is 116 Å². The number of hydrogen-bond donors (Lipinski definition) is 1. The quantitative estimate of drug-likeness (QED) is 0.723. The van der Waals surface area contributed by atoms with Crippen LogP contribution in [0, 0.1) is 0 Å². The van der Waals surface area contributed by atoms with Crippen LogP contribution in [-0.2, 0) is 5.54 Å². The lowest BCUT2D eigenvalue weighted by Gasteiger charge is -2.57. The largest absolute Gasteiger partial charge is 0.298 e. The summed E-state index contributed by atoms with van der Waals surface area (Å²) in [6, 6.07) is 8.99. The van der Waals surface area contributed by atoms with Gasteiger partial charge in [-0.2, -0.15) is 0 Å². The highest BCUT2D eigenvalue weighted by molar-refractivity contribution is 5.62. The molecule has 2 heterocycles. The van der Waals surface area contributed by atoms with Gasteiger partial charge in [0, 0.05) is 11.1 Å². The maximum Gasteiger partial charge on any atom is 0.0468 e. The summed E-state index contributed by atoms with van der Waals surface area (Å²) in [6.45, 7) is 0. The summed E-state index contributed by atoms with van der Waals surface area (Å²) in [4.78, 5) is 0. The Morgan fingerprint density at radius 2 is 1.63 bits per heavy atom. The van der Waals surface area contributed by atoms with Crippen LogP contribution in [0.3, 0.4) is 0 Å². The van der Waals surface area contributed by atoms with Crippen LogP contribution in [0.1, 0.15) is 62.5 Å². The van der Waals surface area contributed by atoms with Crippen molar-refractivity contribution in [3.05, 3.63) is 41.5 Å². The van der Waals surface area contributed by atoms with Gasteiger partial charge in [-0.05, 0) is 30.4 Å². The van der Waals surface area contributed by atoms with Gasteiger partial charge >= 0.3 is 0 Å². The van der Waals surface area contributed by atoms with Gasteiger partial charge in [0.2, 0.25) is 0 Å². The minimum atomic E-state index is 0.275. The van der Waals surface area contributed by atoms with E-state index in [4.69, 9.17) is 0 Å². The smallest absolute Gasteiger partial charge is 0.0468 e. The maximum atomic E-state index is 4.01. The first-order chi connectivity index (χ1) is 9.32. The summed E-state index contributed by atoms with van der Waals surface area (Å²) in [7, 11) is 0. The molecule has 1 heteroatoms. The molecule has 0 aromatic heterocycles. The highest BCUT2D eigenvalue weighted by Crippen LogP contribution is 2.51. The third-order valence-electron chi connectivity index (χ3n) is 5.39. The van der Waals surface area contributed by atoms with Crippen molar-refractivity contribution >= 4 is 6.08 Å². The monoisotopic (exact) mass is 253 g/mol. The van der Waals surface area contributed by atoms with Gasteiger partial charge in [0.15, 0.2) is 0 Å². The van der Waals surface area contributed by atoms with Crippen molar-refractivity contribution in [2.24, 2.45) is 0 Å². The van der Waals surface area contributed by atoms with E-state index < -0.39 is 0 Å². The van der Waals surface area contributed by atoms with E-state index in [2.05, 4.69) is 41.7 Å². The number of rotatable bonds is 0. The van der Waals surface area contributed by atoms with Gasteiger partial charge in [0.05, 0.1) is 0 Å². The van der Waals surface area contributed by atoms with Crippen LogP contribution in [0.4, 0.5) is 0 Å². The molecule has 100 valence electrons. The van der Waals surface area contributed by atoms with Crippen LogP contribution in [0.25, 0.3) is 6.08 Å². The van der Waals surface area contributed by atoms with E-state index in [0.717, 1.165) is 0 Å². The molecule has 0 radical (unpaired) electrons. The van der Waals surface area contributed by atoms with Gasteiger partial charge in [-0.15, -0.1) is 0 Å². The number of hydrogen-bond acceptors (Lipinski definition) is 1. The van der Waals surface area contributed by atoms with Crippen LogP contribution < -0.4 is 5.32 Å². The molecule has 2 atom stereocenters. The second-order valence-electron chi connectivity index (χ2n) is 6.73. The van der Waals surface area contributed by atoms with E-state index in [-0.39, 0.29) is 5.54 Å². The molecule has 1 saturated heterocycles. The van der Waals surface area contributed by atoms with Crippen LogP contribution in [0.2, 0.25) is 0 Å². The highest BCUT2D eigenvalue weighted by atomic mass is 15.1. The van der Waals surface area contributed by atoms with Gasteiger partial charge in [-0.1, -0.05) is 68.5 Å². The molecule has 2 aliphatic heterocycles. The lowest BCUT2D eigenvalue weighted by Crippen LogP contribution is -2.68. The molecule has 1 aromatic carbocycles. The standard InChI is InChI=1S/C18H23N/c1-2-6-11-17-13-10-15-8-4-5-9-16(15)18(14-17,19-17)12-7-3-1/h4-5,8-10,13,19H,1-3,6-7,11-12,14H2. The van der Waals surface area contributed by atoms with E-state index in [1.807, 2.05) is 0 Å². The molecular formula is C18H23N. The molecule has 2 bridgehead atoms. The summed E-state index contributed by atoms with van der Waals surface area (Å²) >= 11 is 0. The molecular weight excluding hydrogens is 230 g/mol. The van der Waals surface area contributed by atoms with E-state index in [1.54, 1.807) is 5.56 Å². The average molecular weight is 253 g/mol. The van der Waals surface area contributed by atoms with Crippen molar-refractivity contribution in [1.82, 2.24) is 5.32 Å². The maximum absolute atomic E-state index is 4.01. The Hall–Kier alpha value is -1.08. The van der Waals surface area contributed by atoms with Crippen molar-refractivity contribution in [1.29, 1.82) is 0 Å². The third kappa shape index (κ3) is 1.79. The summed E-state index contributed by atoms with van der Waals surface area (Å²) in [5, 5.41) is 4.01. The minimum absolute atomic E-state index is 0.275. The van der Waals surface area contributed by atoms with Gasteiger partial charge in [0.25, 0.3) is 0 Å². The Morgan fingerprint density at radius 1 is 0.895 bits per heavy atom. The molecule has 0 amide bonds. The molecule has 2 fully saturated rings. The third-order valence-corrected chi connectivity index (χ3v) is 5.39. The Bertz CT molecular complexity index is 508. The minimum Gasteiger partial charge on any atom is -0.298 e. The number of nitrogens with one attached hydrogen (secondary N) is 1. The molecule has 1 aromatic rings. The molecule has 19 heavy (non-hydrogen) atoms. The number of benzene rings is 1. The van der Waals surface area contributed by atoms with Crippen molar-refractivity contribution in [2.75, 3.05) is 0 Å². The summed E-state index contributed by atoms with van der Waals surface area (Å²) < 4.78 is 0. The van der Waals surface area contributed by atoms with E-state index in [0.29, 0.717) is 5.54 Å². The topological polar surface area (TPSA) is 12.0 Å². The van der Waals surface area contributed by atoms with Crippen molar-refractivity contribution in [3.63, 3.8) is 0 Å². The summed E-state index contributed by atoms with van der Waals surface area (Å²) in [5.41, 5.74) is 3.56. The van der Waals surface area contributed by atoms with Crippen molar-refractivity contribution in [2.45, 2.75) is 62.4 Å². The molecule has 1 nitrogen and oxygen atoms in total. The fraction of sp³-hybridized carbons (Fsp3) is 0.556. The first kappa shape index (κ1) is 11.7. The molecule has 5 rings (SSSR count). The van der Waals surface area contributed by atoms with Crippen LogP contribution in [0.15, 0.2) is 30.3 Å². The van der Waals surface area contributed by atoms with Crippen LogP contribution in [0.5, 0.6) is 0 Å². The second kappa shape index (κ2) is 4.21. The average Bonchev–Trinajstić information content (AvgIpc) is 2.62. The highest BCUT2D eigenvalue weighted by Gasteiger charge is 2.54. The van der Waals surface area contributed by atoms with E-state index in [9.17, 15) is 0 Å². The van der Waals surface area contributed by atoms with Crippen LogP contribution in [-0.4, -0.2) is 5.54 Å². The summed E-state index contributed by atoms with van der Waals surface area (Å²) in [6.07, 6.45) is 15.8. The van der Waals surface area contributed by atoms with Gasteiger partial charge < -0.3 is 0 Å². The SMILES string of the molecule is C1=CC23CCCCCCCC(C2)(N3)c2ccccc21. The van der Waals surface area contributed by atoms with Gasteiger partial charge in [-0.25, -0.2) is 0 Å². The Kier molecular flexibility index (Phi) is 2.60. The fourth-order valence-electron chi connectivity index (χ4n) is 4.50. The predicted octanol–water partition coefficient (Wildman–Crippen LogP) is 4.39. The summed E-state index contributed by atoms with van der Waals surface area (Å²) in [5.74, 6) is 0. The van der Waals surface area contributed by atoms with Gasteiger partial charge in [0.1, 0.15) is 0 Å². The lowest BCUT2D eigenvalue weighted by molar-refractivity contribution is 0.0546. The second-order valence-corrected chi connectivity index (χ2v) is 6.73. The molecule has 2 aliphatic carbocycles. The van der Waals surface area contributed by atoms with E-state index >= 15 is 0 Å². The fourth-order valence-corrected chi connectivity index (χ4v) is 4.50. The zero-order valence-corrected chi connectivity index (χ0v) is 11.6. The van der Waals surface area contributed by atoms with E-state index in [1.165, 1.54) is 56.9 Å². The molecule has 0 spiro atoms. The lowest BCUT2D eigenvalue weighted by atomic mass is 9.64. The molecule has 2 unspecified atom stereocenters. The molecule has 1 saturated carbocycles. The van der Waals surface area contributed by atoms with Gasteiger partial charge in [-0.3, -0.25) is 5.32 Å². The molecule has 1 N–H and O–H groups in total.